The first kappa shape index (κ1) is 7.70. The van der Waals surface area contributed by atoms with Crippen molar-refractivity contribution in [3.05, 3.63) is 0 Å². The normalized spacial score (nSPS) is 23.2. The van der Waals surface area contributed by atoms with Crippen LogP contribution in [0.4, 0.5) is 0 Å². The average molecular weight is 158 g/mol. The molecule has 10 heavy (non-hydrogen) atoms. The minimum atomic E-state index is -1.05. The summed E-state index contributed by atoms with van der Waals surface area (Å²) >= 11 is 0. The van der Waals surface area contributed by atoms with Crippen molar-refractivity contribution in [2.24, 2.45) is 5.92 Å². The molecule has 56 valence electrons. The van der Waals surface area contributed by atoms with E-state index in [-0.39, 0.29) is 6.04 Å². The molecule has 0 aromatic rings. The zero-order chi connectivity index (χ0) is 7.56. The molecule has 1 aliphatic rings. The van der Waals surface area contributed by atoms with E-state index in [9.17, 15) is 4.21 Å². The Morgan fingerprint density at radius 2 is 2.40 bits per heavy atom. The lowest BCUT2D eigenvalue weighted by Gasteiger charge is -2.04. The molecule has 1 fully saturated rings. The van der Waals surface area contributed by atoms with E-state index in [1.54, 1.807) is 6.26 Å². The first-order chi connectivity index (χ1) is 4.74. The predicted molar refractivity (Wildman–Crippen MR) is 39.3 cm³/mol. The Bertz CT molecular complexity index is 183. The highest BCUT2D eigenvalue weighted by Crippen LogP contribution is 2.32. The molecule has 3 nitrogen and oxygen atoms in total. The fraction of sp³-hybridized carbons (Fsp3) is 0.833. The summed E-state index contributed by atoms with van der Waals surface area (Å²) in [5.74, 6) is 0.453. The van der Waals surface area contributed by atoms with E-state index < -0.39 is 11.0 Å². The van der Waals surface area contributed by atoms with Crippen molar-refractivity contribution in [1.82, 2.24) is 4.72 Å². The first-order valence-electron chi connectivity index (χ1n) is 3.23. The number of hydrogen-bond donors (Lipinski definition) is 1. The van der Waals surface area contributed by atoms with Gasteiger partial charge in [0, 0.05) is 6.26 Å². The van der Waals surface area contributed by atoms with Crippen LogP contribution in [0.25, 0.3) is 0 Å². The fourth-order valence-corrected chi connectivity index (χ4v) is 1.44. The Labute approximate surface area is 63.0 Å². The van der Waals surface area contributed by atoms with Gasteiger partial charge < -0.3 is 0 Å². The van der Waals surface area contributed by atoms with Crippen LogP contribution in [0.1, 0.15) is 12.8 Å². The highest BCUT2D eigenvalue weighted by Gasteiger charge is 2.31. The van der Waals surface area contributed by atoms with Crippen LogP contribution < -0.4 is 4.72 Å². The van der Waals surface area contributed by atoms with Gasteiger partial charge in [-0.15, -0.1) is 0 Å². The smallest absolute Gasteiger partial charge is 0.109 e. The molecule has 0 saturated heterocycles. The van der Waals surface area contributed by atoms with Crippen LogP contribution in [0.2, 0.25) is 0 Å². The maximum absolute atomic E-state index is 10.6. The van der Waals surface area contributed by atoms with E-state index in [4.69, 9.17) is 5.26 Å². The molecule has 2 atom stereocenters. The third kappa shape index (κ3) is 2.09. The Morgan fingerprint density at radius 3 is 2.70 bits per heavy atom. The van der Waals surface area contributed by atoms with Crippen LogP contribution in [-0.2, 0) is 11.0 Å². The Balaban J connectivity index is 2.34. The van der Waals surface area contributed by atoms with Crippen molar-refractivity contribution in [1.29, 1.82) is 5.26 Å². The second kappa shape index (κ2) is 3.13. The zero-order valence-corrected chi connectivity index (χ0v) is 6.65. The van der Waals surface area contributed by atoms with Crippen LogP contribution in [0.5, 0.6) is 0 Å². The summed E-state index contributed by atoms with van der Waals surface area (Å²) in [6, 6.07) is 1.90. The number of nitrogens with one attached hydrogen (secondary N) is 1. The van der Waals surface area contributed by atoms with Crippen molar-refractivity contribution < 1.29 is 4.21 Å². The van der Waals surface area contributed by atoms with Crippen molar-refractivity contribution in [2.45, 2.75) is 18.9 Å². The molecule has 1 rings (SSSR count). The van der Waals surface area contributed by atoms with E-state index in [1.165, 1.54) is 0 Å². The second-order valence-corrected chi connectivity index (χ2v) is 3.66. The first-order valence-corrected chi connectivity index (χ1v) is 4.79. The predicted octanol–water partition coefficient (Wildman–Crippen LogP) is 0.172. The Kier molecular flexibility index (Phi) is 2.41. The molecule has 0 heterocycles. The maximum atomic E-state index is 10.6. The lowest BCUT2D eigenvalue weighted by molar-refractivity contribution is 0.635. The van der Waals surface area contributed by atoms with Gasteiger partial charge in [-0.05, 0) is 18.8 Å². The van der Waals surface area contributed by atoms with E-state index in [1.807, 2.05) is 0 Å². The summed E-state index contributed by atoms with van der Waals surface area (Å²) in [6.45, 7) is 0. The molecule has 1 N–H and O–H groups in total. The molecule has 1 aliphatic carbocycles. The third-order valence-corrected chi connectivity index (χ3v) is 2.11. The monoisotopic (exact) mass is 158 g/mol. The molecule has 1 saturated carbocycles. The molecule has 0 aliphatic heterocycles. The van der Waals surface area contributed by atoms with E-state index in [2.05, 4.69) is 10.8 Å². The van der Waals surface area contributed by atoms with Gasteiger partial charge in [-0.2, -0.15) is 5.26 Å². The summed E-state index contributed by atoms with van der Waals surface area (Å²) in [7, 11) is -1.05. The van der Waals surface area contributed by atoms with E-state index in [0.717, 1.165) is 12.8 Å². The highest BCUT2D eigenvalue weighted by molar-refractivity contribution is 7.82. The summed E-state index contributed by atoms with van der Waals surface area (Å²) in [5.41, 5.74) is 0. The van der Waals surface area contributed by atoms with Gasteiger partial charge >= 0.3 is 0 Å². The Morgan fingerprint density at radius 1 is 1.80 bits per heavy atom. The molecular formula is C6H10N2OS. The van der Waals surface area contributed by atoms with Crippen LogP contribution in [0.3, 0.4) is 0 Å². The Hall–Kier alpha value is -0.400. The van der Waals surface area contributed by atoms with Gasteiger partial charge in [-0.25, -0.2) is 8.93 Å². The topological polar surface area (TPSA) is 52.9 Å². The molecule has 0 spiro atoms. The molecule has 0 aromatic carbocycles. The number of nitriles is 1. The lowest BCUT2D eigenvalue weighted by Crippen LogP contribution is -2.30. The molecule has 0 bridgehead atoms. The third-order valence-electron chi connectivity index (χ3n) is 1.53. The molecule has 4 heteroatoms. The quantitative estimate of drug-likeness (QED) is 0.636. The second-order valence-electron chi connectivity index (χ2n) is 2.52. The maximum Gasteiger partial charge on any atom is 0.109 e. The SMILES string of the molecule is CS(=O)NC(C#N)C1CC1. The van der Waals surface area contributed by atoms with Gasteiger partial charge in [-0.3, -0.25) is 0 Å². The average Bonchev–Trinajstić information content (AvgIpc) is 2.63. The van der Waals surface area contributed by atoms with Crippen LogP contribution in [0.15, 0.2) is 0 Å². The molecular weight excluding hydrogens is 148 g/mol. The zero-order valence-electron chi connectivity index (χ0n) is 5.83. The highest BCUT2D eigenvalue weighted by atomic mass is 32.2. The lowest BCUT2D eigenvalue weighted by atomic mass is 10.2. The van der Waals surface area contributed by atoms with Crippen molar-refractivity contribution in [2.75, 3.05) is 6.26 Å². The van der Waals surface area contributed by atoms with Gasteiger partial charge in [0.25, 0.3) is 0 Å². The van der Waals surface area contributed by atoms with Crippen molar-refractivity contribution in [3.63, 3.8) is 0 Å². The van der Waals surface area contributed by atoms with Gasteiger partial charge in [0.15, 0.2) is 0 Å². The van der Waals surface area contributed by atoms with E-state index >= 15 is 0 Å². The molecule has 0 amide bonds. The van der Waals surface area contributed by atoms with Crippen molar-refractivity contribution >= 4 is 11.0 Å². The largest absolute Gasteiger partial charge is 0.243 e. The van der Waals surface area contributed by atoms with Crippen LogP contribution in [-0.4, -0.2) is 16.5 Å². The summed E-state index contributed by atoms with van der Waals surface area (Å²) in [6.07, 6.45) is 3.75. The number of rotatable bonds is 3. The fourth-order valence-electron chi connectivity index (χ4n) is 0.836. The van der Waals surface area contributed by atoms with Gasteiger partial charge in [0.1, 0.15) is 6.04 Å². The van der Waals surface area contributed by atoms with Crippen LogP contribution in [0, 0.1) is 17.2 Å². The number of nitrogens with zero attached hydrogens (tertiary/aromatic N) is 1. The van der Waals surface area contributed by atoms with Crippen LogP contribution >= 0.6 is 0 Å². The molecule has 0 radical (unpaired) electrons. The van der Waals surface area contributed by atoms with Gasteiger partial charge in [-0.1, -0.05) is 0 Å². The summed E-state index contributed by atoms with van der Waals surface area (Å²) < 4.78 is 13.3. The van der Waals surface area contributed by atoms with E-state index in [0.29, 0.717) is 5.92 Å². The minimum Gasteiger partial charge on any atom is -0.243 e. The number of hydrogen-bond acceptors (Lipinski definition) is 2. The van der Waals surface area contributed by atoms with Gasteiger partial charge in [0.2, 0.25) is 0 Å². The summed E-state index contributed by atoms with van der Waals surface area (Å²) in [5, 5.41) is 8.54. The summed E-state index contributed by atoms with van der Waals surface area (Å²) in [4.78, 5) is 0. The van der Waals surface area contributed by atoms with Crippen molar-refractivity contribution in [3.8, 4) is 6.07 Å². The standard InChI is InChI=1S/C6H10N2OS/c1-10(9)8-6(4-7)5-2-3-5/h5-6,8H,2-3H2,1H3. The van der Waals surface area contributed by atoms with Gasteiger partial charge in [0.05, 0.1) is 17.1 Å². The minimum absolute atomic E-state index is 0.189. The molecule has 0 aromatic heterocycles. The molecule has 2 unspecified atom stereocenters.